The summed E-state index contributed by atoms with van der Waals surface area (Å²) < 4.78 is 25.1. The minimum atomic E-state index is -0.423. The normalized spacial score (nSPS) is 26.5. The molecule has 2 atom stereocenters. The van der Waals surface area contributed by atoms with E-state index >= 15 is 0 Å². The van der Waals surface area contributed by atoms with Crippen LogP contribution in [0.5, 0.6) is 5.88 Å². The van der Waals surface area contributed by atoms with Crippen LogP contribution in [-0.2, 0) is 11.3 Å². The first kappa shape index (κ1) is 15.5. The second-order valence-electron chi connectivity index (χ2n) is 6.64. The molecule has 126 valence electrons. The Morgan fingerprint density at radius 2 is 2.17 bits per heavy atom. The van der Waals surface area contributed by atoms with Crippen molar-refractivity contribution in [1.82, 2.24) is 14.9 Å². The molecule has 2 aliphatic rings. The van der Waals surface area contributed by atoms with Crippen molar-refractivity contribution in [3.63, 3.8) is 0 Å². The van der Waals surface area contributed by atoms with Gasteiger partial charge in [-0.25, -0.2) is 9.37 Å². The Bertz CT molecular complexity index is 700. The van der Waals surface area contributed by atoms with Crippen molar-refractivity contribution < 1.29 is 13.9 Å². The van der Waals surface area contributed by atoms with E-state index in [0.717, 1.165) is 31.9 Å². The maximum absolute atomic E-state index is 13.7. The highest BCUT2D eigenvalue weighted by Gasteiger charge is 2.51. The average molecular weight is 329 g/mol. The summed E-state index contributed by atoms with van der Waals surface area (Å²) in [6, 6.07) is 8.89. The summed E-state index contributed by atoms with van der Waals surface area (Å²) in [6.45, 7) is 4.42. The Morgan fingerprint density at radius 1 is 1.25 bits per heavy atom. The first-order valence-electron chi connectivity index (χ1n) is 8.18. The summed E-state index contributed by atoms with van der Waals surface area (Å²) in [5.74, 6) is 0.0430. The van der Waals surface area contributed by atoms with Gasteiger partial charge in [-0.05, 0) is 24.3 Å². The molecule has 2 aliphatic heterocycles. The molecule has 0 radical (unpaired) electrons. The molecule has 0 N–H and O–H groups in total. The van der Waals surface area contributed by atoms with Crippen LogP contribution in [0.15, 0.2) is 42.7 Å². The highest BCUT2D eigenvalue weighted by Crippen LogP contribution is 2.42. The fourth-order valence-corrected chi connectivity index (χ4v) is 3.68. The van der Waals surface area contributed by atoms with Gasteiger partial charge in [0.25, 0.3) is 0 Å². The van der Waals surface area contributed by atoms with E-state index < -0.39 is 5.82 Å². The van der Waals surface area contributed by atoms with Crippen LogP contribution in [0, 0.1) is 17.2 Å². The number of fused-ring (bicyclic) bond motifs is 1. The lowest BCUT2D eigenvalue weighted by molar-refractivity contribution is 0.0860. The van der Waals surface area contributed by atoms with Crippen LogP contribution in [-0.4, -0.2) is 47.8 Å². The Kier molecular flexibility index (Phi) is 4.16. The molecule has 5 nitrogen and oxygen atoms in total. The Hall–Kier alpha value is -2.05. The predicted molar refractivity (Wildman–Crippen MR) is 85.9 cm³/mol. The minimum Gasteiger partial charge on any atom is -0.475 e. The van der Waals surface area contributed by atoms with Gasteiger partial charge in [-0.2, -0.15) is 0 Å². The molecule has 0 bridgehead atoms. The Morgan fingerprint density at radius 3 is 3.00 bits per heavy atom. The molecule has 0 aromatic carbocycles. The lowest BCUT2D eigenvalue weighted by Crippen LogP contribution is -2.37. The van der Waals surface area contributed by atoms with Crippen molar-refractivity contribution >= 4 is 0 Å². The maximum atomic E-state index is 13.7. The summed E-state index contributed by atoms with van der Waals surface area (Å²) in [6.07, 6.45) is 3.36. The Balaban J connectivity index is 1.44. The van der Waals surface area contributed by atoms with Gasteiger partial charge in [0, 0.05) is 43.4 Å². The van der Waals surface area contributed by atoms with E-state index in [2.05, 4.69) is 14.9 Å². The monoisotopic (exact) mass is 329 g/mol. The second-order valence-corrected chi connectivity index (χ2v) is 6.64. The third-order valence-electron chi connectivity index (χ3n) is 4.92. The molecule has 4 heterocycles. The van der Waals surface area contributed by atoms with E-state index in [0.29, 0.717) is 19.1 Å². The summed E-state index contributed by atoms with van der Waals surface area (Å²) in [4.78, 5) is 10.8. The standard InChI is InChI=1S/C18H20FN3O2/c19-16-5-3-7-21-17(16)24-13-18-11-22(8-14(18)10-23-12-18)9-15-4-1-2-6-20-15/h1-7,14H,8-13H2/t14-,18+/m0/s1. The fraction of sp³-hybridized carbons (Fsp3) is 0.444. The van der Waals surface area contributed by atoms with Crippen LogP contribution >= 0.6 is 0 Å². The van der Waals surface area contributed by atoms with Crippen LogP contribution in [0.25, 0.3) is 0 Å². The van der Waals surface area contributed by atoms with Crippen molar-refractivity contribution in [3.05, 3.63) is 54.2 Å². The molecule has 2 aromatic heterocycles. The molecule has 0 amide bonds. The van der Waals surface area contributed by atoms with E-state index in [-0.39, 0.29) is 11.3 Å². The maximum Gasteiger partial charge on any atom is 0.250 e. The SMILES string of the molecule is Fc1cccnc1OC[C@@]12COC[C@@H]1CN(Cc1ccccn1)C2. The molecular formula is C18H20FN3O2. The zero-order valence-electron chi connectivity index (χ0n) is 13.4. The lowest BCUT2D eigenvalue weighted by Gasteiger charge is -2.27. The lowest BCUT2D eigenvalue weighted by atomic mass is 9.82. The van der Waals surface area contributed by atoms with E-state index in [1.807, 2.05) is 24.4 Å². The highest BCUT2D eigenvalue weighted by atomic mass is 19.1. The van der Waals surface area contributed by atoms with Crippen LogP contribution in [0.4, 0.5) is 4.39 Å². The van der Waals surface area contributed by atoms with E-state index in [9.17, 15) is 4.39 Å². The summed E-state index contributed by atoms with van der Waals surface area (Å²) in [7, 11) is 0. The summed E-state index contributed by atoms with van der Waals surface area (Å²) >= 11 is 0. The number of ether oxygens (including phenoxy) is 2. The first-order valence-corrected chi connectivity index (χ1v) is 8.18. The van der Waals surface area contributed by atoms with Gasteiger partial charge in [0.15, 0.2) is 5.82 Å². The molecule has 24 heavy (non-hydrogen) atoms. The van der Waals surface area contributed by atoms with Crippen molar-refractivity contribution in [2.24, 2.45) is 11.3 Å². The molecule has 4 rings (SSSR count). The van der Waals surface area contributed by atoms with Crippen LogP contribution in [0.3, 0.4) is 0 Å². The topological polar surface area (TPSA) is 47.5 Å². The van der Waals surface area contributed by atoms with Gasteiger partial charge in [0.2, 0.25) is 5.88 Å². The zero-order chi connectivity index (χ0) is 16.4. The van der Waals surface area contributed by atoms with Gasteiger partial charge in [0.05, 0.1) is 25.5 Å². The number of pyridine rings is 2. The largest absolute Gasteiger partial charge is 0.475 e. The molecule has 2 aromatic rings. The number of rotatable bonds is 5. The summed E-state index contributed by atoms with van der Waals surface area (Å²) in [5, 5.41) is 0. The first-order chi connectivity index (χ1) is 11.8. The third kappa shape index (κ3) is 2.99. The van der Waals surface area contributed by atoms with Gasteiger partial charge >= 0.3 is 0 Å². The van der Waals surface area contributed by atoms with Crippen molar-refractivity contribution in [1.29, 1.82) is 0 Å². The number of halogens is 1. The van der Waals surface area contributed by atoms with E-state index in [1.165, 1.54) is 6.07 Å². The number of nitrogens with zero attached hydrogens (tertiary/aromatic N) is 3. The fourth-order valence-electron chi connectivity index (χ4n) is 3.68. The van der Waals surface area contributed by atoms with Crippen LogP contribution in [0.2, 0.25) is 0 Å². The van der Waals surface area contributed by atoms with Gasteiger partial charge < -0.3 is 9.47 Å². The van der Waals surface area contributed by atoms with Gasteiger partial charge in [-0.1, -0.05) is 6.07 Å². The second kappa shape index (κ2) is 6.45. The smallest absolute Gasteiger partial charge is 0.250 e. The number of aromatic nitrogens is 2. The van der Waals surface area contributed by atoms with E-state index in [4.69, 9.17) is 9.47 Å². The molecule has 0 saturated carbocycles. The van der Waals surface area contributed by atoms with Crippen molar-refractivity contribution in [2.45, 2.75) is 6.54 Å². The zero-order valence-corrected chi connectivity index (χ0v) is 13.4. The average Bonchev–Trinajstić information content (AvgIpc) is 3.12. The van der Waals surface area contributed by atoms with Gasteiger partial charge in [-0.15, -0.1) is 0 Å². The number of hydrogen-bond acceptors (Lipinski definition) is 5. The van der Waals surface area contributed by atoms with Crippen LogP contribution < -0.4 is 4.74 Å². The highest BCUT2D eigenvalue weighted by molar-refractivity contribution is 5.14. The summed E-state index contributed by atoms with van der Waals surface area (Å²) in [5.41, 5.74) is 0.962. The molecule has 0 unspecified atom stereocenters. The molecule has 6 heteroatoms. The molecule has 2 fully saturated rings. The van der Waals surface area contributed by atoms with E-state index in [1.54, 1.807) is 12.3 Å². The third-order valence-corrected chi connectivity index (χ3v) is 4.92. The van der Waals surface area contributed by atoms with Crippen molar-refractivity contribution in [3.8, 4) is 5.88 Å². The van der Waals surface area contributed by atoms with Gasteiger partial charge in [0.1, 0.15) is 0 Å². The van der Waals surface area contributed by atoms with Crippen molar-refractivity contribution in [2.75, 3.05) is 32.9 Å². The molecule has 2 saturated heterocycles. The molecule has 0 aliphatic carbocycles. The molecular weight excluding hydrogens is 309 g/mol. The minimum absolute atomic E-state index is 0.0701. The molecule has 0 spiro atoms. The van der Waals surface area contributed by atoms with Gasteiger partial charge in [-0.3, -0.25) is 9.88 Å². The van der Waals surface area contributed by atoms with Crippen LogP contribution in [0.1, 0.15) is 5.69 Å². The number of likely N-dealkylation sites (tertiary alicyclic amines) is 1. The predicted octanol–water partition coefficient (Wildman–Crippen LogP) is 2.14. The Labute approximate surface area is 140 Å². The quantitative estimate of drug-likeness (QED) is 0.841. The number of hydrogen-bond donors (Lipinski definition) is 0.